The average molecular weight is 239 g/mol. The van der Waals surface area contributed by atoms with Crippen molar-refractivity contribution < 1.29 is 9.59 Å². The second-order valence-corrected chi connectivity index (χ2v) is 4.96. The third-order valence-electron chi connectivity index (χ3n) is 3.59. The summed E-state index contributed by atoms with van der Waals surface area (Å²) in [5.41, 5.74) is 0. The molecule has 2 aliphatic rings. The van der Waals surface area contributed by atoms with Crippen molar-refractivity contribution in [2.45, 2.75) is 32.1 Å². The van der Waals surface area contributed by atoms with E-state index in [4.69, 9.17) is 0 Å². The molecule has 1 heterocycles. The van der Waals surface area contributed by atoms with Crippen molar-refractivity contribution in [1.82, 2.24) is 15.5 Å². The van der Waals surface area contributed by atoms with E-state index in [0.29, 0.717) is 19.0 Å². The maximum atomic E-state index is 11.8. The number of nitrogens with zero attached hydrogens (tertiary/aromatic N) is 1. The first-order valence-electron chi connectivity index (χ1n) is 6.55. The highest BCUT2D eigenvalue weighted by Crippen LogP contribution is 2.22. The lowest BCUT2D eigenvalue weighted by atomic mass is 9.89. The number of carbonyl (C=O) groups excluding carboxylic acids is 2. The maximum Gasteiger partial charge on any atom is 0.317 e. The number of rotatable bonds is 2. The summed E-state index contributed by atoms with van der Waals surface area (Å²) in [6.07, 6.45) is 6.34. The van der Waals surface area contributed by atoms with Crippen molar-refractivity contribution in [2.75, 3.05) is 26.2 Å². The zero-order chi connectivity index (χ0) is 12.1. The van der Waals surface area contributed by atoms with Crippen LogP contribution in [0.15, 0.2) is 0 Å². The Morgan fingerprint density at radius 3 is 2.82 bits per heavy atom. The number of urea groups is 1. The van der Waals surface area contributed by atoms with E-state index in [1.807, 2.05) is 0 Å². The fourth-order valence-electron chi connectivity index (χ4n) is 2.55. The van der Waals surface area contributed by atoms with Crippen LogP contribution in [-0.4, -0.2) is 43.0 Å². The molecule has 0 unspecified atom stereocenters. The largest absolute Gasteiger partial charge is 0.353 e. The molecule has 1 saturated heterocycles. The molecule has 0 atom stereocenters. The third-order valence-corrected chi connectivity index (χ3v) is 3.59. The number of hydrogen-bond donors (Lipinski definition) is 2. The molecule has 2 rings (SSSR count). The van der Waals surface area contributed by atoms with Crippen LogP contribution in [-0.2, 0) is 4.79 Å². The van der Waals surface area contributed by atoms with Crippen molar-refractivity contribution >= 4 is 11.9 Å². The molecule has 17 heavy (non-hydrogen) atoms. The molecule has 96 valence electrons. The van der Waals surface area contributed by atoms with E-state index in [1.54, 1.807) is 4.90 Å². The topological polar surface area (TPSA) is 61.4 Å². The van der Waals surface area contributed by atoms with E-state index < -0.39 is 0 Å². The molecule has 0 aromatic carbocycles. The highest BCUT2D eigenvalue weighted by molar-refractivity contribution is 5.85. The molecule has 3 amide bonds. The second-order valence-electron chi connectivity index (χ2n) is 4.96. The summed E-state index contributed by atoms with van der Waals surface area (Å²) in [5, 5.41) is 5.66. The Morgan fingerprint density at radius 2 is 2.12 bits per heavy atom. The van der Waals surface area contributed by atoms with Gasteiger partial charge in [-0.1, -0.05) is 19.3 Å². The Hall–Kier alpha value is -1.26. The zero-order valence-electron chi connectivity index (χ0n) is 10.2. The van der Waals surface area contributed by atoms with E-state index >= 15 is 0 Å². The molecule has 2 fully saturated rings. The summed E-state index contributed by atoms with van der Waals surface area (Å²) in [4.78, 5) is 24.6. The molecule has 0 radical (unpaired) electrons. The average Bonchev–Trinajstić information content (AvgIpc) is 2.37. The Labute approximate surface area is 102 Å². The van der Waals surface area contributed by atoms with Gasteiger partial charge in [-0.3, -0.25) is 4.79 Å². The molecular weight excluding hydrogens is 218 g/mol. The Kier molecular flexibility index (Phi) is 4.23. The molecule has 2 N–H and O–H groups in total. The van der Waals surface area contributed by atoms with Crippen molar-refractivity contribution in [3.05, 3.63) is 0 Å². The predicted octanol–water partition coefficient (Wildman–Crippen LogP) is 0.708. The van der Waals surface area contributed by atoms with E-state index in [2.05, 4.69) is 10.6 Å². The van der Waals surface area contributed by atoms with Crippen LogP contribution in [0.25, 0.3) is 0 Å². The minimum absolute atomic E-state index is 0.0657. The van der Waals surface area contributed by atoms with Crippen LogP contribution >= 0.6 is 0 Å². The van der Waals surface area contributed by atoms with Crippen LogP contribution in [0.5, 0.6) is 0 Å². The van der Waals surface area contributed by atoms with Gasteiger partial charge in [0.15, 0.2) is 0 Å². The highest BCUT2D eigenvalue weighted by atomic mass is 16.2. The SMILES string of the molecule is O=C1CN(C(=O)NCC2CCCCC2)CCN1. The van der Waals surface area contributed by atoms with E-state index in [9.17, 15) is 9.59 Å². The van der Waals surface area contributed by atoms with Crippen LogP contribution in [0, 0.1) is 5.92 Å². The first-order chi connectivity index (χ1) is 8.25. The van der Waals surface area contributed by atoms with Gasteiger partial charge in [0.25, 0.3) is 0 Å². The van der Waals surface area contributed by atoms with Gasteiger partial charge < -0.3 is 15.5 Å². The zero-order valence-corrected chi connectivity index (χ0v) is 10.2. The molecule has 0 spiro atoms. The van der Waals surface area contributed by atoms with Gasteiger partial charge in [-0.25, -0.2) is 4.79 Å². The summed E-state index contributed by atoms with van der Waals surface area (Å²) in [6, 6.07) is -0.0922. The Morgan fingerprint density at radius 1 is 1.35 bits per heavy atom. The molecule has 5 nitrogen and oxygen atoms in total. The Bertz CT molecular complexity index is 287. The number of carbonyl (C=O) groups is 2. The molecule has 5 heteroatoms. The number of hydrogen-bond acceptors (Lipinski definition) is 2. The van der Waals surface area contributed by atoms with Gasteiger partial charge in [0.1, 0.15) is 6.54 Å². The molecule has 1 saturated carbocycles. The van der Waals surface area contributed by atoms with Gasteiger partial charge in [0.05, 0.1) is 0 Å². The monoisotopic (exact) mass is 239 g/mol. The lowest BCUT2D eigenvalue weighted by Gasteiger charge is -2.28. The highest BCUT2D eigenvalue weighted by Gasteiger charge is 2.22. The van der Waals surface area contributed by atoms with E-state index in [1.165, 1.54) is 32.1 Å². The van der Waals surface area contributed by atoms with Gasteiger partial charge >= 0.3 is 6.03 Å². The van der Waals surface area contributed by atoms with Crippen molar-refractivity contribution in [3.8, 4) is 0 Å². The number of nitrogens with one attached hydrogen (secondary N) is 2. The van der Waals surface area contributed by atoms with Crippen LogP contribution < -0.4 is 10.6 Å². The summed E-state index contributed by atoms with van der Waals surface area (Å²) < 4.78 is 0. The minimum Gasteiger partial charge on any atom is -0.353 e. The Balaban J connectivity index is 1.70. The summed E-state index contributed by atoms with van der Waals surface area (Å²) in [6.45, 7) is 2.13. The summed E-state index contributed by atoms with van der Waals surface area (Å²) in [7, 11) is 0. The molecule has 0 bridgehead atoms. The van der Waals surface area contributed by atoms with Crippen LogP contribution in [0.4, 0.5) is 4.79 Å². The molecule has 1 aliphatic heterocycles. The normalized spacial score (nSPS) is 22.1. The van der Waals surface area contributed by atoms with Gasteiger partial charge in [0.2, 0.25) is 5.91 Å². The molecule has 0 aromatic heterocycles. The number of amides is 3. The van der Waals surface area contributed by atoms with Crippen LogP contribution in [0.1, 0.15) is 32.1 Å². The van der Waals surface area contributed by atoms with Crippen LogP contribution in [0.3, 0.4) is 0 Å². The van der Waals surface area contributed by atoms with Crippen LogP contribution in [0.2, 0.25) is 0 Å². The standard InChI is InChI=1S/C12H21N3O2/c16-11-9-15(7-6-13-11)12(17)14-8-10-4-2-1-3-5-10/h10H,1-9H2,(H,13,16)(H,14,17). The molecule has 1 aliphatic carbocycles. The van der Waals surface area contributed by atoms with Crippen molar-refractivity contribution in [3.63, 3.8) is 0 Å². The lowest BCUT2D eigenvalue weighted by Crippen LogP contribution is -2.53. The fraction of sp³-hybridized carbons (Fsp3) is 0.833. The van der Waals surface area contributed by atoms with Crippen molar-refractivity contribution in [1.29, 1.82) is 0 Å². The lowest BCUT2D eigenvalue weighted by molar-refractivity contribution is -0.123. The van der Waals surface area contributed by atoms with Crippen molar-refractivity contribution in [2.24, 2.45) is 5.92 Å². The van der Waals surface area contributed by atoms with Gasteiger partial charge in [-0.2, -0.15) is 0 Å². The quantitative estimate of drug-likeness (QED) is 0.745. The third kappa shape index (κ3) is 3.61. The first kappa shape index (κ1) is 12.2. The number of piperazine rings is 1. The first-order valence-corrected chi connectivity index (χ1v) is 6.55. The van der Waals surface area contributed by atoms with E-state index in [-0.39, 0.29) is 18.5 Å². The fourth-order valence-corrected chi connectivity index (χ4v) is 2.55. The van der Waals surface area contributed by atoms with Gasteiger partial charge in [-0.05, 0) is 18.8 Å². The second kappa shape index (κ2) is 5.89. The smallest absolute Gasteiger partial charge is 0.317 e. The van der Waals surface area contributed by atoms with Gasteiger partial charge in [-0.15, -0.1) is 0 Å². The maximum absolute atomic E-state index is 11.8. The minimum atomic E-state index is -0.0922. The molecular formula is C12H21N3O2. The molecule has 0 aromatic rings. The van der Waals surface area contributed by atoms with Gasteiger partial charge in [0, 0.05) is 19.6 Å². The predicted molar refractivity (Wildman–Crippen MR) is 64.6 cm³/mol. The summed E-state index contributed by atoms with van der Waals surface area (Å²) >= 11 is 0. The summed E-state index contributed by atoms with van der Waals surface area (Å²) in [5.74, 6) is 0.565. The van der Waals surface area contributed by atoms with E-state index in [0.717, 1.165) is 6.54 Å².